The molecule has 31 heavy (non-hydrogen) atoms. The van der Waals surface area contributed by atoms with Gasteiger partial charge in [-0.05, 0) is 49.1 Å². The molecule has 0 N–H and O–H groups in total. The lowest BCUT2D eigenvalue weighted by Gasteiger charge is -2.37. The SMILES string of the molecule is O=C1N2[C@H](c3cc(F)cc(F)c3)CCN2CC12CCN(S(=O)(=O)c1ccccc1)CC2. The van der Waals surface area contributed by atoms with Gasteiger partial charge in [-0.2, -0.15) is 4.31 Å². The molecule has 6 nitrogen and oxygen atoms in total. The normalized spacial score (nSPS) is 24.1. The van der Waals surface area contributed by atoms with E-state index in [-0.39, 0.29) is 23.9 Å². The summed E-state index contributed by atoms with van der Waals surface area (Å²) in [5.41, 5.74) is -0.206. The molecule has 0 bridgehead atoms. The van der Waals surface area contributed by atoms with Crippen LogP contribution in [0.25, 0.3) is 0 Å². The van der Waals surface area contributed by atoms with Crippen LogP contribution in [0.15, 0.2) is 53.4 Å². The van der Waals surface area contributed by atoms with Crippen molar-refractivity contribution in [3.05, 3.63) is 65.7 Å². The monoisotopic (exact) mass is 447 g/mol. The van der Waals surface area contributed by atoms with Gasteiger partial charge in [-0.25, -0.2) is 22.2 Å². The van der Waals surface area contributed by atoms with Gasteiger partial charge in [-0.3, -0.25) is 9.80 Å². The van der Waals surface area contributed by atoms with Gasteiger partial charge in [-0.15, -0.1) is 0 Å². The second-order valence-corrected chi connectivity index (χ2v) is 10.5. The van der Waals surface area contributed by atoms with Crippen LogP contribution in [-0.2, 0) is 14.8 Å². The van der Waals surface area contributed by atoms with E-state index in [0.29, 0.717) is 37.9 Å². The average Bonchev–Trinajstić information content (AvgIpc) is 3.27. The number of piperidine rings is 1. The van der Waals surface area contributed by atoms with Crippen LogP contribution >= 0.6 is 0 Å². The molecule has 2 aromatic rings. The van der Waals surface area contributed by atoms with E-state index in [2.05, 4.69) is 0 Å². The Morgan fingerprint density at radius 1 is 0.935 bits per heavy atom. The van der Waals surface area contributed by atoms with Gasteiger partial charge < -0.3 is 0 Å². The van der Waals surface area contributed by atoms with E-state index in [4.69, 9.17) is 0 Å². The fourth-order valence-corrected chi connectivity index (χ4v) is 6.59. The second kappa shape index (κ2) is 7.36. The largest absolute Gasteiger partial charge is 0.273 e. The summed E-state index contributed by atoms with van der Waals surface area (Å²) in [6, 6.07) is 11.3. The van der Waals surface area contributed by atoms with Gasteiger partial charge in [-0.1, -0.05) is 18.2 Å². The van der Waals surface area contributed by atoms with E-state index < -0.39 is 33.1 Å². The minimum atomic E-state index is -3.60. The molecule has 1 atom stereocenters. The van der Waals surface area contributed by atoms with Gasteiger partial charge in [0.15, 0.2) is 0 Å². The Morgan fingerprint density at radius 3 is 2.23 bits per heavy atom. The van der Waals surface area contributed by atoms with Gasteiger partial charge in [0.2, 0.25) is 15.9 Å². The Bertz CT molecular complexity index is 1100. The number of nitrogens with zero attached hydrogens (tertiary/aromatic N) is 3. The van der Waals surface area contributed by atoms with E-state index >= 15 is 0 Å². The maximum absolute atomic E-state index is 13.7. The fourth-order valence-electron chi connectivity index (χ4n) is 5.13. The Kier molecular flexibility index (Phi) is 4.87. The number of hydrogen-bond donors (Lipinski definition) is 0. The van der Waals surface area contributed by atoms with Crippen molar-refractivity contribution in [3.63, 3.8) is 0 Å². The van der Waals surface area contributed by atoms with Crippen LogP contribution in [0.4, 0.5) is 8.78 Å². The molecule has 0 aromatic heterocycles. The molecule has 3 saturated heterocycles. The van der Waals surface area contributed by atoms with Crippen LogP contribution in [0, 0.1) is 17.0 Å². The van der Waals surface area contributed by atoms with Crippen LogP contribution in [0.1, 0.15) is 30.9 Å². The zero-order valence-corrected chi connectivity index (χ0v) is 17.7. The molecule has 0 aliphatic carbocycles. The molecule has 0 radical (unpaired) electrons. The first-order chi connectivity index (χ1) is 14.8. The molecule has 1 amide bonds. The number of hydrogen-bond acceptors (Lipinski definition) is 4. The van der Waals surface area contributed by atoms with Crippen molar-refractivity contribution in [2.24, 2.45) is 5.41 Å². The zero-order chi connectivity index (χ0) is 21.8. The molecule has 5 rings (SSSR count). The fraction of sp³-hybridized carbons (Fsp3) is 0.409. The van der Waals surface area contributed by atoms with Crippen molar-refractivity contribution in [1.82, 2.24) is 14.3 Å². The number of amides is 1. The molecule has 3 aliphatic rings. The Hall–Kier alpha value is -2.36. The standard InChI is InChI=1S/C22H23F2N3O3S/c23-17-12-16(13-18(24)14-17)20-6-9-25-15-22(21(28)27(20)25)7-10-26(11-8-22)31(29,30)19-4-2-1-3-5-19/h1-5,12-14,20H,6-11,15H2/t20-/m0/s1. The van der Waals surface area contributed by atoms with Crippen molar-refractivity contribution >= 4 is 15.9 Å². The topological polar surface area (TPSA) is 60.9 Å². The first kappa shape index (κ1) is 20.5. The molecule has 164 valence electrons. The quantitative estimate of drug-likeness (QED) is 0.726. The highest BCUT2D eigenvalue weighted by Gasteiger charge is 2.56. The van der Waals surface area contributed by atoms with Crippen LogP contribution in [0.2, 0.25) is 0 Å². The van der Waals surface area contributed by atoms with Gasteiger partial charge >= 0.3 is 0 Å². The van der Waals surface area contributed by atoms with Crippen molar-refractivity contribution in [2.45, 2.75) is 30.2 Å². The summed E-state index contributed by atoms with van der Waals surface area (Å²) >= 11 is 0. The number of halogens is 2. The molecular weight excluding hydrogens is 424 g/mol. The summed E-state index contributed by atoms with van der Waals surface area (Å²) in [4.78, 5) is 13.7. The molecule has 9 heteroatoms. The summed E-state index contributed by atoms with van der Waals surface area (Å²) < 4.78 is 54.8. The molecule has 1 spiro atoms. The summed E-state index contributed by atoms with van der Waals surface area (Å²) in [5.74, 6) is -1.39. The van der Waals surface area contributed by atoms with E-state index in [1.54, 1.807) is 35.3 Å². The van der Waals surface area contributed by atoms with E-state index in [9.17, 15) is 22.0 Å². The maximum atomic E-state index is 13.7. The molecule has 2 aromatic carbocycles. The van der Waals surface area contributed by atoms with Crippen LogP contribution in [0.5, 0.6) is 0 Å². The molecular formula is C22H23F2N3O3S. The third kappa shape index (κ3) is 3.35. The van der Waals surface area contributed by atoms with Gasteiger partial charge in [0, 0.05) is 32.2 Å². The number of benzene rings is 2. The highest BCUT2D eigenvalue weighted by atomic mass is 32.2. The number of sulfonamides is 1. The van der Waals surface area contributed by atoms with Crippen LogP contribution in [-0.4, -0.2) is 54.8 Å². The molecule has 0 saturated carbocycles. The number of rotatable bonds is 3. The first-order valence-corrected chi connectivity index (χ1v) is 11.8. The number of hydrazine groups is 1. The minimum Gasteiger partial charge on any atom is -0.273 e. The summed E-state index contributed by atoms with van der Waals surface area (Å²) in [7, 11) is -3.60. The highest BCUT2D eigenvalue weighted by molar-refractivity contribution is 7.89. The number of fused-ring (bicyclic) bond motifs is 1. The lowest BCUT2D eigenvalue weighted by Crippen LogP contribution is -2.47. The summed E-state index contributed by atoms with van der Waals surface area (Å²) in [6.07, 6.45) is 1.46. The molecule has 3 heterocycles. The minimum absolute atomic E-state index is 0.0728. The van der Waals surface area contributed by atoms with E-state index in [1.165, 1.54) is 16.4 Å². The van der Waals surface area contributed by atoms with Crippen molar-refractivity contribution < 1.29 is 22.0 Å². The zero-order valence-electron chi connectivity index (χ0n) is 16.9. The van der Waals surface area contributed by atoms with E-state index in [0.717, 1.165) is 6.07 Å². The lowest BCUT2D eigenvalue weighted by molar-refractivity contribution is -0.144. The van der Waals surface area contributed by atoms with E-state index in [1.807, 2.05) is 5.01 Å². The van der Waals surface area contributed by atoms with Crippen molar-refractivity contribution in [1.29, 1.82) is 0 Å². The summed E-state index contributed by atoms with van der Waals surface area (Å²) in [6.45, 7) is 1.68. The average molecular weight is 448 g/mol. The number of carbonyl (C=O) groups is 1. The number of carbonyl (C=O) groups excluding carboxylic acids is 1. The summed E-state index contributed by atoms with van der Waals surface area (Å²) in [5, 5.41) is 3.60. The molecule has 3 fully saturated rings. The Morgan fingerprint density at radius 2 is 1.58 bits per heavy atom. The molecule has 0 unspecified atom stereocenters. The third-order valence-electron chi connectivity index (χ3n) is 6.74. The van der Waals surface area contributed by atoms with Crippen LogP contribution < -0.4 is 0 Å². The smallest absolute Gasteiger partial charge is 0.245 e. The van der Waals surface area contributed by atoms with Crippen LogP contribution in [0.3, 0.4) is 0 Å². The molecule has 3 aliphatic heterocycles. The third-order valence-corrected chi connectivity index (χ3v) is 8.65. The van der Waals surface area contributed by atoms with Gasteiger partial charge in [0.25, 0.3) is 0 Å². The Labute approximate surface area is 180 Å². The highest BCUT2D eigenvalue weighted by Crippen LogP contribution is 2.47. The predicted octanol–water partition coefficient (Wildman–Crippen LogP) is 2.94. The van der Waals surface area contributed by atoms with Crippen molar-refractivity contribution in [3.8, 4) is 0 Å². The van der Waals surface area contributed by atoms with Gasteiger partial charge in [0.05, 0.1) is 16.4 Å². The first-order valence-electron chi connectivity index (χ1n) is 10.4. The Balaban J connectivity index is 1.35. The second-order valence-electron chi connectivity index (χ2n) is 8.54. The maximum Gasteiger partial charge on any atom is 0.245 e. The predicted molar refractivity (Wildman–Crippen MR) is 109 cm³/mol. The van der Waals surface area contributed by atoms with Gasteiger partial charge in [0.1, 0.15) is 11.6 Å². The van der Waals surface area contributed by atoms with Crippen molar-refractivity contribution in [2.75, 3.05) is 26.2 Å². The lowest BCUT2D eigenvalue weighted by atomic mass is 9.78.